The van der Waals surface area contributed by atoms with Crippen molar-refractivity contribution in [2.75, 3.05) is 6.61 Å². The number of rotatable bonds is 7. The third kappa shape index (κ3) is 5.43. The lowest BCUT2D eigenvalue weighted by molar-refractivity contribution is -0.156. The minimum absolute atomic E-state index is 0.279. The van der Waals surface area contributed by atoms with Gasteiger partial charge in [-0.15, -0.1) is 0 Å². The van der Waals surface area contributed by atoms with Gasteiger partial charge in [-0.25, -0.2) is 4.79 Å². The molecule has 1 aromatic carbocycles. The molecule has 1 aromatic rings. The molecule has 0 aliphatic heterocycles. The van der Waals surface area contributed by atoms with Crippen LogP contribution in [0.2, 0.25) is 0 Å². The molecule has 1 atom stereocenters. The van der Waals surface area contributed by atoms with Crippen molar-refractivity contribution >= 4 is 5.97 Å². The molecule has 1 unspecified atom stereocenters. The quantitative estimate of drug-likeness (QED) is 0.558. The largest absolute Gasteiger partial charge is 0.464 e. The summed E-state index contributed by atoms with van der Waals surface area (Å²) in [5, 5.41) is 0. The first-order valence-electron chi connectivity index (χ1n) is 6.89. The van der Waals surface area contributed by atoms with Crippen molar-refractivity contribution in [3.63, 3.8) is 0 Å². The minimum Gasteiger partial charge on any atom is -0.464 e. The van der Waals surface area contributed by atoms with E-state index in [0.29, 0.717) is 13.2 Å². The van der Waals surface area contributed by atoms with Crippen LogP contribution < -0.4 is 0 Å². The molecule has 0 saturated carbocycles. The summed E-state index contributed by atoms with van der Waals surface area (Å²) in [5.41, 5.74) is 3.53. The molecule has 0 heterocycles. The molecule has 0 spiro atoms. The van der Waals surface area contributed by atoms with Gasteiger partial charge in [0, 0.05) is 0 Å². The summed E-state index contributed by atoms with van der Waals surface area (Å²) in [5.74, 6) is -0.279. The Kier molecular flexibility index (Phi) is 6.57. The number of hydrogen-bond acceptors (Lipinski definition) is 3. The monoisotopic (exact) mass is 264 g/mol. The number of hydrogen-bond donors (Lipinski definition) is 0. The van der Waals surface area contributed by atoms with Gasteiger partial charge in [-0.2, -0.15) is 0 Å². The summed E-state index contributed by atoms with van der Waals surface area (Å²) < 4.78 is 10.7. The van der Waals surface area contributed by atoms with Crippen LogP contribution in [0.1, 0.15) is 43.4 Å². The van der Waals surface area contributed by atoms with Gasteiger partial charge in [0.15, 0.2) is 6.10 Å². The highest BCUT2D eigenvalue weighted by Crippen LogP contribution is 2.12. The Morgan fingerprint density at radius 3 is 2.68 bits per heavy atom. The Morgan fingerprint density at radius 1 is 1.32 bits per heavy atom. The maximum atomic E-state index is 11.6. The second kappa shape index (κ2) is 7.95. The standard InChI is InChI=1S/C16H24O3/c1-5-6-9-18-16(17)14(4)19-11-15-8-7-12(2)10-13(15)3/h7-8,10,14H,5-6,9,11H2,1-4H3. The molecule has 3 heteroatoms. The molecule has 0 bridgehead atoms. The number of carbonyl (C=O) groups is 1. The van der Waals surface area contributed by atoms with Gasteiger partial charge < -0.3 is 9.47 Å². The maximum absolute atomic E-state index is 11.6. The predicted octanol–water partition coefficient (Wildman–Crippen LogP) is 3.55. The van der Waals surface area contributed by atoms with Gasteiger partial charge in [0.2, 0.25) is 0 Å². The smallest absolute Gasteiger partial charge is 0.334 e. The molecule has 3 nitrogen and oxygen atoms in total. The van der Waals surface area contributed by atoms with Gasteiger partial charge in [-0.05, 0) is 38.3 Å². The lowest BCUT2D eigenvalue weighted by Gasteiger charge is -2.14. The van der Waals surface area contributed by atoms with E-state index in [9.17, 15) is 4.79 Å². The van der Waals surface area contributed by atoms with E-state index in [0.717, 1.165) is 18.4 Å². The lowest BCUT2D eigenvalue weighted by Crippen LogP contribution is -2.23. The van der Waals surface area contributed by atoms with E-state index in [4.69, 9.17) is 9.47 Å². The minimum atomic E-state index is -0.516. The fraction of sp³-hybridized carbons (Fsp3) is 0.562. The van der Waals surface area contributed by atoms with Gasteiger partial charge in [-0.3, -0.25) is 0 Å². The first kappa shape index (κ1) is 15.7. The fourth-order valence-electron chi connectivity index (χ4n) is 1.73. The van der Waals surface area contributed by atoms with E-state index in [1.54, 1.807) is 6.92 Å². The van der Waals surface area contributed by atoms with Crippen LogP contribution in [0.3, 0.4) is 0 Å². The van der Waals surface area contributed by atoms with Crippen LogP contribution in [0.25, 0.3) is 0 Å². The predicted molar refractivity (Wildman–Crippen MR) is 76.0 cm³/mol. The summed E-state index contributed by atoms with van der Waals surface area (Å²) in [4.78, 5) is 11.6. The molecule has 0 aromatic heterocycles. The van der Waals surface area contributed by atoms with Crippen LogP contribution in [0.5, 0.6) is 0 Å². The van der Waals surface area contributed by atoms with Crippen molar-refractivity contribution in [1.82, 2.24) is 0 Å². The summed E-state index contributed by atoms with van der Waals surface area (Å²) in [6.45, 7) is 8.83. The molecule has 0 aliphatic rings. The summed E-state index contributed by atoms with van der Waals surface area (Å²) in [6.07, 6.45) is 1.40. The number of esters is 1. The summed E-state index contributed by atoms with van der Waals surface area (Å²) in [7, 11) is 0. The topological polar surface area (TPSA) is 35.5 Å². The number of aryl methyl sites for hydroxylation is 2. The average Bonchev–Trinajstić information content (AvgIpc) is 2.37. The number of carbonyl (C=O) groups excluding carboxylic acids is 1. The van der Waals surface area contributed by atoms with Crippen molar-refractivity contribution < 1.29 is 14.3 Å². The van der Waals surface area contributed by atoms with E-state index >= 15 is 0 Å². The van der Waals surface area contributed by atoms with Gasteiger partial charge in [0.25, 0.3) is 0 Å². The van der Waals surface area contributed by atoms with Crippen molar-refractivity contribution in [3.8, 4) is 0 Å². The van der Waals surface area contributed by atoms with Gasteiger partial charge in [0.05, 0.1) is 13.2 Å². The Balaban J connectivity index is 2.40. The van der Waals surface area contributed by atoms with Gasteiger partial charge >= 0.3 is 5.97 Å². The second-order valence-corrected chi connectivity index (χ2v) is 4.90. The zero-order valence-electron chi connectivity index (χ0n) is 12.4. The number of ether oxygens (including phenoxy) is 2. The van der Waals surface area contributed by atoms with Crippen molar-refractivity contribution in [1.29, 1.82) is 0 Å². The Hall–Kier alpha value is -1.35. The highest BCUT2D eigenvalue weighted by molar-refractivity contribution is 5.74. The number of unbranched alkanes of at least 4 members (excludes halogenated alkanes) is 1. The lowest BCUT2D eigenvalue weighted by atomic mass is 10.1. The van der Waals surface area contributed by atoms with Crippen LogP contribution in [0.15, 0.2) is 18.2 Å². The molecular weight excluding hydrogens is 240 g/mol. The van der Waals surface area contributed by atoms with Crippen molar-refractivity contribution in [2.45, 2.75) is 53.2 Å². The van der Waals surface area contributed by atoms with Crippen molar-refractivity contribution in [2.24, 2.45) is 0 Å². The third-order valence-corrected chi connectivity index (χ3v) is 3.06. The fourth-order valence-corrected chi connectivity index (χ4v) is 1.73. The van der Waals surface area contributed by atoms with Gasteiger partial charge in [0.1, 0.15) is 0 Å². The van der Waals surface area contributed by atoms with Crippen LogP contribution >= 0.6 is 0 Å². The van der Waals surface area contributed by atoms with E-state index in [1.165, 1.54) is 11.1 Å². The molecule has 0 saturated heterocycles. The highest BCUT2D eigenvalue weighted by Gasteiger charge is 2.15. The SMILES string of the molecule is CCCCOC(=O)C(C)OCc1ccc(C)cc1C. The highest BCUT2D eigenvalue weighted by atomic mass is 16.6. The molecule has 0 fully saturated rings. The third-order valence-electron chi connectivity index (χ3n) is 3.06. The van der Waals surface area contributed by atoms with E-state index in [2.05, 4.69) is 32.9 Å². The molecular formula is C16H24O3. The van der Waals surface area contributed by atoms with E-state index < -0.39 is 6.10 Å². The molecule has 1 rings (SSSR count). The molecule has 0 amide bonds. The van der Waals surface area contributed by atoms with Crippen LogP contribution in [-0.2, 0) is 20.9 Å². The molecule has 0 N–H and O–H groups in total. The molecule has 106 valence electrons. The van der Waals surface area contributed by atoms with Crippen LogP contribution in [0.4, 0.5) is 0 Å². The normalized spacial score (nSPS) is 12.2. The van der Waals surface area contributed by atoms with Gasteiger partial charge in [-0.1, -0.05) is 37.1 Å². The Bertz CT molecular complexity index is 412. The Morgan fingerprint density at radius 2 is 2.05 bits per heavy atom. The van der Waals surface area contributed by atoms with E-state index in [-0.39, 0.29) is 5.97 Å². The maximum Gasteiger partial charge on any atom is 0.334 e. The Labute approximate surface area is 115 Å². The summed E-state index contributed by atoms with van der Waals surface area (Å²) in [6, 6.07) is 6.21. The first-order chi connectivity index (χ1) is 9.04. The van der Waals surface area contributed by atoms with Crippen molar-refractivity contribution in [3.05, 3.63) is 34.9 Å². The first-order valence-corrected chi connectivity index (χ1v) is 6.89. The molecule has 0 radical (unpaired) electrons. The summed E-state index contributed by atoms with van der Waals surface area (Å²) >= 11 is 0. The number of benzene rings is 1. The molecule has 0 aliphatic carbocycles. The van der Waals surface area contributed by atoms with Crippen LogP contribution in [0, 0.1) is 13.8 Å². The molecule has 19 heavy (non-hydrogen) atoms. The zero-order chi connectivity index (χ0) is 14.3. The average molecular weight is 264 g/mol. The zero-order valence-corrected chi connectivity index (χ0v) is 12.4. The second-order valence-electron chi connectivity index (χ2n) is 4.90. The van der Waals surface area contributed by atoms with Crippen LogP contribution in [-0.4, -0.2) is 18.7 Å². The van der Waals surface area contributed by atoms with E-state index in [1.807, 2.05) is 6.07 Å².